The number of halogens is 1. The Morgan fingerprint density at radius 3 is 2.62 bits per heavy atom. The number of hydrogen-bond donors (Lipinski definition) is 1. The molecule has 1 N–H and O–H groups in total. The second kappa shape index (κ2) is 6.86. The van der Waals surface area contributed by atoms with Crippen LogP contribution in [0, 0.1) is 5.82 Å². The number of rotatable bonds is 5. The standard InChI is InChI=1S/C15H16FN5OS2/c1-15(2,3)12-18-11(22-21-12)8-23-14-20-19-13(24-14)17-10-6-4-9(16)5-7-10/h4-7H,8H2,1-3H3,(H,17,19). The van der Waals surface area contributed by atoms with Crippen LogP contribution in [0.2, 0.25) is 0 Å². The second-order valence-electron chi connectivity index (χ2n) is 6.06. The summed E-state index contributed by atoms with van der Waals surface area (Å²) in [4.78, 5) is 4.39. The van der Waals surface area contributed by atoms with E-state index in [0.717, 1.165) is 10.0 Å². The molecule has 1 aromatic carbocycles. The van der Waals surface area contributed by atoms with Crippen molar-refractivity contribution < 1.29 is 8.91 Å². The lowest BCUT2D eigenvalue weighted by atomic mass is 9.96. The molecular weight excluding hydrogens is 349 g/mol. The summed E-state index contributed by atoms with van der Waals surface area (Å²) in [5.74, 6) is 1.51. The minimum Gasteiger partial charge on any atom is -0.338 e. The van der Waals surface area contributed by atoms with Crippen LogP contribution in [0.3, 0.4) is 0 Å². The fraction of sp³-hybridized carbons (Fsp3) is 0.333. The minimum atomic E-state index is -0.275. The third-order valence-corrected chi connectivity index (χ3v) is 4.92. The van der Waals surface area contributed by atoms with E-state index in [0.29, 0.717) is 22.6 Å². The maximum atomic E-state index is 12.9. The van der Waals surface area contributed by atoms with Gasteiger partial charge in [0.15, 0.2) is 10.2 Å². The Labute approximate surface area is 146 Å². The van der Waals surface area contributed by atoms with Crippen molar-refractivity contribution in [3.63, 3.8) is 0 Å². The van der Waals surface area contributed by atoms with Gasteiger partial charge in [0, 0.05) is 11.1 Å². The number of anilines is 2. The molecule has 126 valence electrons. The molecule has 0 saturated carbocycles. The molecule has 3 aromatic rings. The molecule has 0 aliphatic heterocycles. The van der Waals surface area contributed by atoms with Crippen LogP contribution >= 0.6 is 23.1 Å². The third kappa shape index (κ3) is 4.30. The SMILES string of the molecule is CC(C)(C)c1noc(CSc2nnc(Nc3ccc(F)cc3)s2)n1. The Kier molecular flexibility index (Phi) is 4.81. The zero-order valence-electron chi connectivity index (χ0n) is 13.4. The molecule has 0 aliphatic rings. The molecule has 0 fully saturated rings. The van der Waals surface area contributed by atoms with Gasteiger partial charge in [-0.25, -0.2) is 4.39 Å². The van der Waals surface area contributed by atoms with Gasteiger partial charge < -0.3 is 9.84 Å². The zero-order valence-corrected chi connectivity index (χ0v) is 15.0. The largest absolute Gasteiger partial charge is 0.338 e. The van der Waals surface area contributed by atoms with Gasteiger partial charge in [-0.05, 0) is 24.3 Å². The molecule has 0 saturated heterocycles. The van der Waals surface area contributed by atoms with Crippen LogP contribution in [0.5, 0.6) is 0 Å². The first-order valence-corrected chi connectivity index (χ1v) is 9.02. The van der Waals surface area contributed by atoms with Crippen LogP contribution in [-0.2, 0) is 11.2 Å². The van der Waals surface area contributed by atoms with Crippen LogP contribution in [0.25, 0.3) is 0 Å². The third-order valence-electron chi connectivity index (χ3n) is 2.96. The summed E-state index contributed by atoms with van der Waals surface area (Å²) in [7, 11) is 0. The lowest BCUT2D eigenvalue weighted by Gasteiger charge is -2.10. The number of thioether (sulfide) groups is 1. The lowest BCUT2D eigenvalue weighted by Crippen LogP contribution is -2.13. The number of aromatic nitrogens is 4. The summed E-state index contributed by atoms with van der Waals surface area (Å²) >= 11 is 2.89. The molecule has 0 unspecified atom stereocenters. The van der Waals surface area contributed by atoms with E-state index < -0.39 is 0 Å². The van der Waals surface area contributed by atoms with Gasteiger partial charge in [0.2, 0.25) is 11.0 Å². The first kappa shape index (κ1) is 16.8. The molecule has 0 spiro atoms. The van der Waals surface area contributed by atoms with Gasteiger partial charge in [-0.15, -0.1) is 10.2 Å². The number of nitrogens with one attached hydrogen (secondary N) is 1. The molecule has 0 radical (unpaired) electrons. The normalized spacial score (nSPS) is 11.7. The summed E-state index contributed by atoms with van der Waals surface area (Å²) in [5, 5.41) is 15.9. The Bertz CT molecular complexity index is 810. The highest BCUT2D eigenvalue weighted by molar-refractivity contribution is 8.00. The maximum absolute atomic E-state index is 12.9. The van der Waals surface area contributed by atoms with Crippen LogP contribution in [-0.4, -0.2) is 20.3 Å². The molecule has 0 atom stereocenters. The summed E-state index contributed by atoms with van der Waals surface area (Å²) in [6, 6.07) is 6.08. The number of nitrogens with zero attached hydrogens (tertiary/aromatic N) is 4. The Morgan fingerprint density at radius 2 is 1.96 bits per heavy atom. The van der Waals surface area contributed by atoms with Crippen molar-refractivity contribution in [3.8, 4) is 0 Å². The molecule has 3 rings (SSSR count). The van der Waals surface area contributed by atoms with Crippen LogP contribution in [0.15, 0.2) is 33.1 Å². The Morgan fingerprint density at radius 1 is 1.21 bits per heavy atom. The lowest BCUT2D eigenvalue weighted by molar-refractivity contribution is 0.373. The summed E-state index contributed by atoms with van der Waals surface area (Å²) in [6.07, 6.45) is 0. The molecule has 0 aliphatic carbocycles. The van der Waals surface area contributed by atoms with E-state index in [1.807, 2.05) is 20.8 Å². The Hall–Kier alpha value is -2.00. The molecule has 6 nitrogen and oxygen atoms in total. The van der Waals surface area contributed by atoms with E-state index in [1.54, 1.807) is 12.1 Å². The van der Waals surface area contributed by atoms with E-state index in [-0.39, 0.29) is 11.2 Å². The molecule has 0 bridgehead atoms. The minimum absolute atomic E-state index is 0.137. The van der Waals surface area contributed by atoms with Crippen molar-refractivity contribution >= 4 is 33.9 Å². The van der Waals surface area contributed by atoms with E-state index in [9.17, 15) is 4.39 Å². The first-order valence-electron chi connectivity index (χ1n) is 7.22. The topological polar surface area (TPSA) is 76.7 Å². The van der Waals surface area contributed by atoms with Gasteiger partial charge in [0.1, 0.15) is 5.82 Å². The van der Waals surface area contributed by atoms with Crippen molar-refractivity contribution in [2.45, 2.75) is 36.3 Å². The van der Waals surface area contributed by atoms with E-state index in [4.69, 9.17) is 4.52 Å². The van der Waals surface area contributed by atoms with Gasteiger partial charge >= 0.3 is 0 Å². The molecule has 24 heavy (non-hydrogen) atoms. The fourth-order valence-corrected chi connectivity index (χ4v) is 3.33. The smallest absolute Gasteiger partial charge is 0.237 e. The maximum Gasteiger partial charge on any atom is 0.237 e. The highest BCUT2D eigenvalue weighted by atomic mass is 32.2. The van der Waals surface area contributed by atoms with Crippen molar-refractivity contribution in [2.24, 2.45) is 0 Å². The van der Waals surface area contributed by atoms with Gasteiger partial charge in [0.25, 0.3) is 0 Å². The average Bonchev–Trinajstić information content (AvgIpc) is 3.16. The number of hydrogen-bond acceptors (Lipinski definition) is 8. The fourth-order valence-electron chi connectivity index (χ4n) is 1.72. The van der Waals surface area contributed by atoms with Crippen LogP contribution < -0.4 is 5.32 Å². The molecule has 2 heterocycles. The quantitative estimate of drug-likeness (QED) is 0.672. The molecule has 2 aromatic heterocycles. The van der Waals surface area contributed by atoms with Crippen molar-refractivity contribution in [1.82, 2.24) is 20.3 Å². The highest BCUT2D eigenvalue weighted by Gasteiger charge is 2.21. The molecule has 0 amide bonds. The number of benzene rings is 1. The second-order valence-corrected chi connectivity index (χ2v) is 8.26. The van der Waals surface area contributed by atoms with Crippen molar-refractivity contribution in [3.05, 3.63) is 41.8 Å². The van der Waals surface area contributed by atoms with Gasteiger partial charge in [0.05, 0.1) is 5.75 Å². The predicted molar refractivity (Wildman–Crippen MR) is 92.2 cm³/mol. The van der Waals surface area contributed by atoms with Crippen LogP contribution in [0.4, 0.5) is 15.2 Å². The van der Waals surface area contributed by atoms with E-state index in [1.165, 1.54) is 35.2 Å². The van der Waals surface area contributed by atoms with E-state index >= 15 is 0 Å². The first-order chi connectivity index (χ1) is 11.4. The predicted octanol–water partition coefficient (Wildman–Crippen LogP) is 4.39. The van der Waals surface area contributed by atoms with Gasteiger partial charge in [-0.1, -0.05) is 49.0 Å². The monoisotopic (exact) mass is 365 g/mol. The summed E-state index contributed by atoms with van der Waals surface area (Å²) in [6.45, 7) is 6.10. The summed E-state index contributed by atoms with van der Waals surface area (Å²) in [5.41, 5.74) is 0.623. The van der Waals surface area contributed by atoms with E-state index in [2.05, 4.69) is 25.7 Å². The Balaban J connectivity index is 1.58. The van der Waals surface area contributed by atoms with Crippen LogP contribution in [0.1, 0.15) is 32.5 Å². The molecular formula is C15H16FN5OS2. The average molecular weight is 365 g/mol. The summed E-state index contributed by atoms with van der Waals surface area (Å²) < 4.78 is 18.9. The van der Waals surface area contributed by atoms with Crippen molar-refractivity contribution in [1.29, 1.82) is 0 Å². The van der Waals surface area contributed by atoms with Crippen molar-refractivity contribution in [2.75, 3.05) is 5.32 Å². The molecule has 9 heteroatoms. The zero-order chi connectivity index (χ0) is 17.2. The highest BCUT2D eigenvalue weighted by Crippen LogP contribution is 2.30. The van der Waals surface area contributed by atoms with Gasteiger partial charge in [-0.2, -0.15) is 4.98 Å². The van der Waals surface area contributed by atoms with Gasteiger partial charge in [-0.3, -0.25) is 0 Å².